The second-order valence-electron chi connectivity index (χ2n) is 3.62. The number of oxime groups is 1. The molecule has 90 valence electrons. The first-order valence-corrected chi connectivity index (χ1v) is 5.20. The van der Waals surface area contributed by atoms with Gasteiger partial charge in [-0.2, -0.15) is 5.10 Å². The Morgan fingerprint density at radius 3 is 3.00 bits per heavy atom. The molecule has 1 atom stereocenters. The third-order valence-electron chi connectivity index (χ3n) is 2.27. The van der Waals surface area contributed by atoms with E-state index in [0.29, 0.717) is 13.0 Å². The lowest BCUT2D eigenvalue weighted by Gasteiger charge is -2.14. The number of amidine groups is 1. The van der Waals surface area contributed by atoms with Gasteiger partial charge in [0.25, 0.3) is 0 Å². The molecule has 0 aromatic carbocycles. The number of hydrogen-bond donors (Lipinski definition) is 3. The Morgan fingerprint density at radius 1 is 1.75 bits per heavy atom. The normalized spacial score (nSPS) is 14.0. The predicted molar refractivity (Wildman–Crippen MR) is 59.9 cm³/mol. The van der Waals surface area contributed by atoms with Crippen LogP contribution < -0.4 is 11.1 Å². The minimum absolute atomic E-state index is 0.166. The molecular weight excluding hydrogens is 208 g/mol. The van der Waals surface area contributed by atoms with Crippen LogP contribution in [0.4, 0.5) is 0 Å². The Labute approximate surface area is 94.3 Å². The molecule has 0 amide bonds. The average Bonchev–Trinajstić information content (AvgIpc) is 2.69. The molecule has 1 aromatic rings. The molecule has 0 aliphatic rings. The lowest BCUT2D eigenvalue weighted by Crippen LogP contribution is -2.33. The summed E-state index contributed by atoms with van der Waals surface area (Å²) in [4.78, 5) is 4.10. The molecule has 0 saturated carbocycles. The summed E-state index contributed by atoms with van der Waals surface area (Å²) < 4.78 is 1.65. The molecule has 1 rings (SSSR count). The van der Waals surface area contributed by atoms with Crippen molar-refractivity contribution in [1.82, 2.24) is 20.1 Å². The zero-order valence-electron chi connectivity index (χ0n) is 9.59. The maximum atomic E-state index is 8.47. The van der Waals surface area contributed by atoms with Gasteiger partial charge in [-0.15, -0.1) is 0 Å². The molecule has 0 radical (unpaired) electrons. The highest BCUT2D eigenvalue weighted by Gasteiger charge is 2.09. The second kappa shape index (κ2) is 6.06. The molecule has 16 heavy (non-hydrogen) atoms. The molecule has 0 saturated heterocycles. The van der Waals surface area contributed by atoms with Crippen molar-refractivity contribution in [3.8, 4) is 0 Å². The summed E-state index contributed by atoms with van der Waals surface area (Å²) in [6.07, 6.45) is 3.06. The molecule has 0 aliphatic heterocycles. The van der Waals surface area contributed by atoms with E-state index in [2.05, 4.69) is 20.6 Å². The van der Waals surface area contributed by atoms with Crippen LogP contribution in [0.25, 0.3) is 0 Å². The second-order valence-corrected chi connectivity index (χ2v) is 3.62. The van der Waals surface area contributed by atoms with E-state index in [1.165, 1.54) is 0 Å². The number of aryl methyl sites for hydroxylation is 1. The fraction of sp³-hybridized carbons (Fsp3) is 0.667. The Morgan fingerprint density at radius 2 is 2.50 bits per heavy atom. The first-order chi connectivity index (χ1) is 7.65. The summed E-state index contributed by atoms with van der Waals surface area (Å²) in [5, 5.41) is 18.8. The molecule has 0 aliphatic carbocycles. The SMILES string of the molecule is CCC(CC(N)=NO)NCc1ncn(C)n1. The van der Waals surface area contributed by atoms with Crippen LogP contribution in [-0.2, 0) is 13.6 Å². The third-order valence-corrected chi connectivity index (χ3v) is 2.27. The molecule has 0 fully saturated rings. The topological polar surface area (TPSA) is 101 Å². The van der Waals surface area contributed by atoms with Crippen LogP contribution in [0, 0.1) is 0 Å². The van der Waals surface area contributed by atoms with Crippen LogP contribution in [0.15, 0.2) is 11.5 Å². The first kappa shape index (κ1) is 12.4. The first-order valence-electron chi connectivity index (χ1n) is 5.20. The summed E-state index contributed by atoms with van der Waals surface area (Å²) in [6, 6.07) is 0.166. The molecule has 7 heteroatoms. The standard InChI is InChI=1S/C9H18N6O/c1-3-7(4-8(10)14-16)11-5-9-12-6-15(2)13-9/h6-7,11,16H,3-5H2,1-2H3,(H2,10,14). The highest BCUT2D eigenvalue weighted by atomic mass is 16.4. The monoisotopic (exact) mass is 226 g/mol. The fourth-order valence-electron chi connectivity index (χ4n) is 1.35. The van der Waals surface area contributed by atoms with Gasteiger partial charge in [0.1, 0.15) is 12.2 Å². The Bertz CT molecular complexity index is 348. The van der Waals surface area contributed by atoms with Crippen LogP contribution in [0.3, 0.4) is 0 Å². The Hall–Kier alpha value is -1.63. The van der Waals surface area contributed by atoms with E-state index >= 15 is 0 Å². The van der Waals surface area contributed by atoms with Gasteiger partial charge in [-0.1, -0.05) is 12.1 Å². The van der Waals surface area contributed by atoms with Gasteiger partial charge in [-0.3, -0.25) is 4.68 Å². The molecule has 1 unspecified atom stereocenters. The van der Waals surface area contributed by atoms with Gasteiger partial charge in [-0.25, -0.2) is 4.98 Å². The lowest BCUT2D eigenvalue weighted by molar-refractivity contribution is 0.315. The van der Waals surface area contributed by atoms with Gasteiger partial charge >= 0.3 is 0 Å². The number of rotatable bonds is 6. The smallest absolute Gasteiger partial charge is 0.164 e. The van der Waals surface area contributed by atoms with Gasteiger partial charge in [0.15, 0.2) is 5.82 Å². The summed E-state index contributed by atoms with van der Waals surface area (Å²) >= 11 is 0. The molecule has 4 N–H and O–H groups in total. The predicted octanol–water partition coefficient (Wildman–Crippen LogP) is -0.180. The van der Waals surface area contributed by atoms with E-state index in [1.54, 1.807) is 11.0 Å². The van der Waals surface area contributed by atoms with Crippen LogP contribution in [0.5, 0.6) is 0 Å². The Balaban J connectivity index is 2.39. The van der Waals surface area contributed by atoms with Crippen LogP contribution in [0.2, 0.25) is 0 Å². The maximum Gasteiger partial charge on any atom is 0.164 e. The van der Waals surface area contributed by atoms with Crippen molar-refractivity contribution in [2.75, 3.05) is 0 Å². The van der Waals surface area contributed by atoms with Crippen LogP contribution in [-0.4, -0.2) is 31.8 Å². The molecule has 7 nitrogen and oxygen atoms in total. The summed E-state index contributed by atoms with van der Waals surface area (Å²) in [5.41, 5.74) is 5.45. The van der Waals surface area contributed by atoms with Gasteiger partial charge in [-0.05, 0) is 6.42 Å². The van der Waals surface area contributed by atoms with Crippen molar-refractivity contribution in [1.29, 1.82) is 0 Å². The highest BCUT2D eigenvalue weighted by molar-refractivity contribution is 5.80. The van der Waals surface area contributed by atoms with E-state index in [0.717, 1.165) is 12.2 Å². The van der Waals surface area contributed by atoms with E-state index in [4.69, 9.17) is 10.9 Å². The Kier molecular flexibility index (Phi) is 4.71. The molecule has 0 spiro atoms. The number of nitrogens with one attached hydrogen (secondary N) is 1. The summed E-state index contributed by atoms with van der Waals surface area (Å²) in [5.74, 6) is 0.966. The van der Waals surface area contributed by atoms with Crippen molar-refractivity contribution in [3.05, 3.63) is 12.2 Å². The summed E-state index contributed by atoms with van der Waals surface area (Å²) in [7, 11) is 1.82. The van der Waals surface area contributed by atoms with Crippen molar-refractivity contribution >= 4 is 5.84 Å². The maximum absolute atomic E-state index is 8.47. The van der Waals surface area contributed by atoms with Gasteiger partial charge in [0, 0.05) is 19.5 Å². The van der Waals surface area contributed by atoms with Gasteiger partial charge < -0.3 is 16.3 Å². The van der Waals surface area contributed by atoms with E-state index in [1.807, 2.05) is 14.0 Å². The lowest BCUT2D eigenvalue weighted by atomic mass is 10.1. The van der Waals surface area contributed by atoms with Crippen molar-refractivity contribution in [2.24, 2.45) is 17.9 Å². The number of hydrogen-bond acceptors (Lipinski definition) is 5. The number of nitrogens with zero attached hydrogens (tertiary/aromatic N) is 4. The fourth-order valence-corrected chi connectivity index (χ4v) is 1.35. The molecular formula is C9H18N6O. The third kappa shape index (κ3) is 3.85. The minimum Gasteiger partial charge on any atom is -0.409 e. The largest absolute Gasteiger partial charge is 0.409 e. The van der Waals surface area contributed by atoms with Crippen LogP contribution in [0.1, 0.15) is 25.6 Å². The zero-order valence-corrected chi connectivity index (χ0v) is 9.59. The quantitative estimate of drug-likeness (QED) is 0.270. The van der Waals surface area contributed by atoms with Crippen LogP contribution >= 0.6 is 0 Å². The summed E-state index contributed by atoms with van der Waals surface area (Å²) in [6.45, 7) is 2.62. The van der Waals surface area contributed by atoms with Crippen molar-refractivity contribution < 1.29 is 5.21 Å². The molecule has 1 heterocycles. The van der Waals surface area contributed by atoms with E-state index in [9.17, 15) is 0 Å². The van der Waals surface area contributed by atoms with E-state index in [-0.39, 0.29) is 11.9 Å². The van der Waals surface area contributed by atoms with Gasteiger partial charge in [0.05, 0.1) is 6.54 Å². The molecule has 0 bridgehead atoms. The van der Waals surface area contributed by atoms with Gasteiger partial charge in [0.2, 0.25) is 0 Å². The minimum atomic E-state index is 0.166. The van der Waals surface area contributed by atoms with Crippen molar-refractivity contribution in [3.63, 3.8) is 0 Å². The van der Waals surface area contributed by atoms with E-state index < -0.39 is 0 Å². The number of nitrogens with two attached hydrogens (primary N) is 1. The number of aromatic nitrogens is 3. The highest BCUT2D eigenvalue weighted by Crippen LogP contribution is 1.99. The van der Waals surface area contributed by atoms with Crippen molar-refractivity contribution in [2.45, 2.75) is 32.4 Å². The molecule has 1 aromatic heterocycles. The average molecular weight is 226 g/mol. The zero-order chi connectivity index (χ0) is 12.0.